The van der Waals surface area contributed by atoms with Gasteiger partial charge in [0.25, 0.3) is 5.91 Å². The molecule has 2 amide bonds. The van der Waals surface area contributed by atoms with Crippen LogP contribution >= 0.6 is 0 Å². The molecule has 0 spiro atoms. The van der Waals surface area contributed by atoms with Crippen LogP contribution in [0.5, 0.6) is 0 Å². The van der Waals surface area contributed by atoms with Gasteiger partial charge in [0.2, 0.25) is 5.91 Å². The van der Waals surface area contributed by atoms with E-state index in [-0.39, 0.29) is 30.5 Å². The first-order valence-electron chi connectivity index (χ1n) is 8.51. The number of halogens is 1. The molecule has 0 aliphatic carbocycles. The summed E-state index contributed by atoms with van der Waals surface area (Å²) in [5.74, 6) is -0.666. The molecule has 0 radical (unpaired) electrons. The molecule has 3 rings (SSSR count). The van der Waals surface area contributed by atoms with Crippen molar-refractivity contribution in [3.05, 3.63) is 48.0 Å². The molecule has 0 unspecified atom stereocenters. The van der Waals surface area contributed by atoms with Gasteiger partial charge in [-0.3, -0.25) is 9.59 Å². The number of aromatic nitrogens is 2. The lowest BCUT2D eigenvalue weighted by Crippen LogP contribution is -2.37. The van der Waals surface area contributed by atoms with E-state index in [9.17, 15) is 14.0 Å². The average Bonchev–Trinajstić information content (AvgIpc) is 3.12. The largest absolute Gasteiger partial charge is 0.351 e. The van der Waals surface area contributed by atoms with Crippen molar-refractivity contribution in [1.29, 1.82) is 0 Å². The van der Waals surface area contributed by atoms with Gasteiger partial charge in [-0.05, 0) is 31.4 Å². The summed E-state index contributed by atoms with van der Waals surface area (Å²) in [6.45, 7) is 1.89. The fourth-order valence-electron chi connectivity index (χ4n) is 2.90. The quantitative estimate of drug-likeness (QED) is 0.904. The Morgan fingerprint density at radius 3 is 2.68 bits per heavy atom. The molecule has 132 valence electrons. The SMILES string of the molecule is O=C(NCCC(=O)N1CCCCC1)c1cnn(-c2ccccc2F)c1. The summed E-state index contributed by atoms with van der Waals surface area (Å²) < 4.78 is 15.1. The Kier molecular flexibility index (Phi) is 5.42. The first kappa shape index (κ1) is 17.1. The highest BCUT2D eigenvalue weighted by atomic mass is 19.1. The van der Waals surface area contributed by atoms with Crippen LogP contribution < -0.4 is 5.32 Å². The van der Waals surface area contributed by atoms with E-state index >= 15 is 0 Å². The summed E-state index contributed by atoms with van der Waals surface area (Å²) in [6, 6.07) is 6.21. The van der Waals surface area contributed by atoms with Crippen LogP contribution in [0.3, 0.4) is 0 Å². The van der Waals surface area contributed by atoms with Gasteiger partial charge >= 0.3 is 0 Å². The van der Waals surface area contributed by atoms with Gasteiger partial charge in [-0.1, -0.05) is 12.1 Å². The summed E-state index contributed by atoms with van der Waals surface area (Å²) in [5, 5.41) is 6.74. The third-order valence-electron chi connectivity index (χ3n) is 4.28. The van der Waals surface area contributed by atoms with Crippen molar-refractivity contribution in [3.8, 4) is 5.69 Å². The zero-order valence-electron chi connectivity index (χ0n) is 13.9. The van der Waals surface area contributed by atoms with E-state index in [2.05, 4.69) is 10.4 Å². The van der Waals surface area contributed by atoms with E-state index in [0.29, 0.717) is 5.56 Å². The lowest BCUT2D eigenvalue weighted by molar-refractivity contribution is -0.131. The molecule has 0 bridgehead atoms. The standard InChI is InChI=1S/C18H21FN4O2/c19-15-6-2-3-7-16(15)23-13-14(12-21-23)18(25)20-9-8-17(24)22-10-4-1-5-11-22/h2-3,6-7,12-13H,1,4-5,8-11H2,(H,20,25). The van der Waals surface area contributed by atoms with Crippen LogP contribution in [0.25, 0.3) is 5.69 Å². The number of likely N-dealkylation sites (tertiary alicyclic amines) is 1. The van der Waals surface area contributed by atoms with Crippen molar-refractivity contribution < 1.29 is 14.0 Å². The van der Waals surface area contributed by atoms with Gasteiger partial charge in [0, 0.05) is 32.3 Å². The minimum absolute atomic E-state index is 0.0713. The second-order valence-corrected chi connectivity index (χ2v) is 6.07. The van der Waals surface area contributed by atoms with E-state index in [1.165, 1.54) is 29.6 Å². The molecular formula is C18H21FN4O2. The molecule has 0 saturated carbocycles. The van der Waals surface area contributed by atoms with Gasteiger partial charge in [0.15, 0.2) is 0 Å². The number of nitrogens with zero attached hydrogens (tertiary/aromatic N) is 3. The van der Waals surface area contributed by atoms with Crippen LogP contribution in [-0.2, 0) is 4.79 Å². The highest BCUT2D eigenvalue weighted by molar-refractivity contribution is 5.94. The Labute approximate surface area is 145 Å². The van der Waals surface area contributed by atoms with Crippen molar-refractivity contribution in [3.63, 3.8) is 0 Å². The van der Waals surface area contributed by atoms with Crippen LogP contribution in [0.4, 0.5) is 4.39 Å². The molecule has 1 N–H and O–H groups in total. The van der Waals surface area contributed by atoms with Crippen molar-refractivity contribution in [2.75, 3.05) is 19.6 Å². The number of amides is 2. The van der Waals surface area contributed by atoms with Crippen molar-refractivity contribution in [2.24, 2.45) is 0 Å². The highest BCUT2D eigenvalue weighted by Crippen LogP contribution is 2.13. The van der Waals surface area contributed by atoms with Gasteiger partial charge < -0.3 is 10.2 Å². The molecule has 1 aromatic carbocycles. The second kappa shape index (κ2) is 7.92. The van der Waals surface area contributed by atoms with Crippen LogP contribution in [0.2, 0.25) is 0 Å². The van der Waals surface area contributed by atoms with Crippen LogP contribution in [0, 0.1) is 5.82 Å². The highest BCUT2D eigenvalue weighted by Gasteiger charge is 2.17. The van der Waals surface area contributed by atoms with E-state index < -0.39 is 5.82 Å². The summed E-state index contributed by atoms with van der Waals surface area (Å²) >= 11 is 0. The molecule has 2 aromatic rings. The fourth-order valence-corrected chi connectivity index (χ4v) is 2.90. The van der Waals surface area contributed by atoms with Crippen molar-refractivity contribution >= 4 is 11.8 Å². The third-order valence-corrected chi connectivity index (χ3v) is 4.28. The first-order chi connectivity index (χ1) is 12.1. The Morgan fingerprint density at radius 2 is 1.92 bits per heavy atom. The number of carbonyl (C=O) groups is 2. The molecule has 1 saturated heterocycles. The average molecular weight is 344 g/mol. The van der Waals surface area contributed by atoms with Gasteiger partial charge in [-0.2, -0.15) is 5.10 Å². The Balaban J connectivity index is 1.52. The summed E-state index contributed by atoms with van der Waals surface area (Å²) in [7, 11) is 0. The molecule has 1 fully saturated rings. The number of para-hydroxylation sites is 1. The summed E-state index contributed by atoms with van der Waals surface area (Å²) in [6.07, 6.45) is 6.41. The van der Waals surface area contributed by atoms with Gasteiger partial charge in [0.05, 0.1) is 11.8 Å². The molecule has 6 nitrogen and oxygen atoms in total. The maximum absolute atomic E-state index is 13.8. The Morgan fingerprint density at radius 1 is 1.16 bits per heavy atom. The fraction of sp³-hybridized carbons (Fsp3) is 0.389. The molecule has 1 aliphatic heterocycles. The summed E-state index contributed by atoms with van der Waals surface area (Å²) in [5.41, 5.74) is 0.607. The van der Waals surface area contributed by atoms with E-state index in [4.69, 9.17) is 0 Å². The van der Waals surface area contributed by atoms with E-state index in [0.717, 1.165) is 25.9 Å². The Bertz CT molecular complexity index is 753. The minimum Gasteiger partial charge on any atom is -0.351 e. The van der Waals surface area contributed by atoms with Gasteiger partial charge in [-0.15, -0.1) is 0 Å². The predicted octanol–water partition coefficient (Wildman–Crippen LogP) is 2.14. The van der Waals surface area contributed by atoms with E-state index in [1.807, 2.05) is 4.90 Å². The smallest absolute Gasteiger partial charge is 0.254 e. The number of piperidine rings is 1. The topological polar surface area (TPSA) is 67.2 Å². The molecule has 2 heterocycles. The molecule has 25 heavy (non-hydrogen) atoms. The molecule has 1 aliphatic rings. The molecule has 1 aromatic heterocycles. The third kappa shape index (κ3) is 4.23. The second-order valence-electron chi connectivity index (χ2n) is 6.07. The van der Waals surface area contributed by atoms with Gasteiger partial charge in [-0.25, -0.2) is 9.07 Å². The number of rotatable bonds is 5. The number of nitrogens with one attached hydrogen (secondary N) is 1. The van der Waals surface area contributed by atoms with Crippen LogP contribution in [0.15, 0.2) is 36.7 Å². The number of benzene rings is 1. The number of hydrogen-bond acceptors (Lipinski definition) is 3. The first-order valence-corrected chi connectivity index (χ1v) is 8.51. The minimum atomic E-state index is -0.412. The van der Waals surface area contributed by atoms with Crippen LogP contribution in [-0.4, -0.2) is 46.1 Å². The Hall–Kier alpha value is -2.70. The lowest BCUT2D eigenvalue weighted by atomic mass is 10.1. The predicted molar refractivity (Wildman–Crippen MR) is 90.9 cm³/mol. The summed E-state index contributed by atoms with van der Waals surface area (Å²) in [4.78, 5) is 26.1. The van der Waals surface area contributed by atoms with E-state index in [1.54, 1.807) is 18.2 Å². The number of hydrogen-bond donors (Lipinski definition) is 1. The van der Waals surface area contributed by atoms with Crippen LogP contribution in [0.1, 0.15) is 36.0 Å². The molecule has 0 atom stereocenters. The zero-order chi connectivity index (χ0) is 17.6. The van der Waals surface area contributed by atoms with Crippen molar-refractivity contribution in [1.82, 2.24) is 20.0 Å². The molecule has 7 heteroatoms. The maximum atomic E-state index is 13.8. The lowest BCUT2D eigenvalue weighted by Gasteiger charge is -2.26. The van der Waals surface area contributed by atoms with Gasteiger partial charge in [0.1, 0.15) is 11.5 Å². The zero-order valence-corrected chi connectivity index (χ0v) is 13.9. The van der Waals surface area contributed by atoms with Crippen molar-refractivity contribution in [2.45, 2.75) is 25.7 Å². The number of carbonyl (C=O) groups excluding carboxylic acids is 2. The maximum Gasteiger partial charge on any atom is 0.254 e. The normalized spacial score (nSPS) is 14.4. The molecular weight excluding hydrogens is 323 g/mol. The monoisotopic (exact) mass is 344 g/mol.